The summed E-state index contributed by atoms with van der Waals surface area (Å²) in [5.74, 6) is 0. The fourth-order valence-electron chi connectivity index (χ4n) is 2.60. The molecule has 0 aromatic heterocycles. The van der Waals surface area contributed by atoms with Crippen molar-refractivity contribution in [3.63, 3.8) is 0 Å². The molecule has 0 atom stereocenters. The van der Waals surface area contributed by atoms with Crippen LogP contribution in [-0.4, -0.2) is 24.5 Å². The molecule has 0 bridgehead atoms. The number of benzene rings is 2. The molecule has 1 aliphatic rings. The van der Waals surface area contributed by atoms with E-state index in [0.29, 0.717) is 12.2 Å². The number of alkyl halides is 3. The van der Waals surface area contributed by atoms with E-state index in [-0.39, 0.29) is 5.69 Å². The molecule has 0 fully saturated rings. The number of rotatable bonds is 1. The van der Waals surface area contributed by atoms with Gasteiger partial charge >= 0.3 is 6.18 Å². The molecule has 0 aliphatic carbocycles. The zero-order valence-electron chi connectivity index (χ0n) is 11.4. The van der Waals surface area contributed by atoms with Crippen molar-refractivity contribution in [1.82, 2.24) is 0 Å². The minimum Gasteiger partial charge on any atom is -0.318 e. The van der Waals surface area contributed by atoms with E-state index < -0.39 is 11.7 Å². The van der Waals surface area contributed by atoms with E-state index in [0.717, 1.165) is 11.8 Å². The highest BCUT2D eigenvalue weighted by Crippen LogP contribution is 2.39. The summed E-state index contributed by atoms with van der Waals surface area (Å²) in [5.41, 5.74) is 1.17. The van der Waals surface area contributed by atoms with Gasteiger partial charge in [-0.2, -0.15) is 17.7 Å². The lowest BCUT2D eigenvalue weighted by molar-refractivity contribution is -0.435. The normalized spacial score (nSPS) is 14.7. The van der Waals surface area contributed by atoms with Crippen molar-refractivity contribution in [2.45, 2.75) is 6.18 Å². The number of halogens is 3. The Kier molecular flexibility index (Phi) is 3.20. The summed E-state index contributed by atoms with van der Waals surface area (Å²) in [4.78, 5) is 1.63. The van der Waals surface area contributed by atoms with Crippen LogP contribution in [0.5, 0.6) is 0 Å². The van der Waals surface area contributed by atoms with Crippen molar-refractivity contribution in [3.05, 3.63) is 59.7 Å². The molecule has 108 valence electrons. The van der Waals surface area contributed by atoms with Crippen molar-refractivity contribution in [2.75, 3.05) is 18.6 Å². The largest absolute Gasteiger partial charge is 0.418 e. The SMILES string of the molecule is CN1C[N+](c2ccccc2)=Cc2cccc(C(F)(F)F)c21. The van der Waals surface area contributed by atoms with Gasteiger partial charge in [0.15, 0.2) is 6.21 Å². The second-order valence-corrected chi connectivity index (χ2v) is 5.01. The van der Waals surface area contributed by atoms with Gasteiger partial charge in [-0.25, -0.2) is 0 Å². The monoisotopic (exact) mass is 291 g/mol. The van der Waals surface area contributed by atoms with E-state index in [2.05, 4.69) is 0 Å². The molecular weight excluding hydrogens is 277 g/mol. The number of fused-ring (bicyclic) bond motifs is 1. The number of nitrogens with zero attached hydrogens (tertiary/aromatic N) is 2. The standard InChI is InChI=1S/C16H14F3N2/c1-20-11-21(13-7-3-2-4-8-13)10-12-6-5-9-14(15(12)20)16(17,18)19/h2-10H,11H2,1H3/q+1. The summed E-state index contributed by atoms with van der Waals surface area (Å²) in [6.45, 7) is 0.379. The summed E-state index contributed by atoms with van der Waals surface area (Å²) in [7, 11) is 1.68. The lowest BCUT2D eigenvalue weighted by atomic mass is 10.0. The molecule has 0 amide bonds. The molecule has 0 saturated heterocycles. The number of anilines is 1. The van der Waals surface area contributed by atoms with E-state index in [1.165, 1.54) is 6.07 Å². The Hall–Kier alpha value is -2.30. The van der Waals surface area contributed by atoms with Crippen LogP contribution in [0.4, 0.5) is 24.5 Å². The first kappa shape index (κ1) is 13.7. The van der Waals surface area contributed by atoms with Gasteiger partial charge in [-0.3, -0.25) is 0 Å². The van der Waals surface area contributed by atoms with Crippen LogP contribution in [0.3, 0.4) is 0 Å². The predicted octanol–water partition coefficient (Wildman–Crippen LogP) is 3.88. The van der Waals surface area contributed by atoms with Crippen LogP contribution in [0, 0.1) is 0 Å². The zero-order chi connectivity index (χ0) is 15.0. The molecule has 21 heavy (non-hydrogen) atoms. The van der Waals surface area contributed by atoms with Crippen molar-refractivity contribution in [3.8, 4) is 0 Å². The van der Waals surface area contributed by atoms with Crippen LogP contribution in [0.1, 0.15) is 11.1 Å². The first-order valence-electron chi connectivity index (χ1n) is 6.55. The van der Waals surface area contributed by atoms with Crippen LogP contribution < -0.4 is 4.90 Å². The maximum atomic E-state index is 13.1. The van der Waals surface area contributed by atoms with Gasteiger partial charge < -0.3 is 4.90 Å². The van der Waals surface area contributed by atoms with E-state index in [1.54, 1.807) is 24.2 Å². The van der Waals surface area contributed by atoms with Crippen LogP contribution in [-0.2, 0) is 6.18 Å². The highest BCUT2D eigenvalue weighted by molar-refractivity contribution is 5.88. The Morgan fingerprint density at radius 3 is 2.38 bits per heavy atom. The summed E-state index contributed by atoms with van der Waals surface area (Å²) in [6, 6.07) is 13.9. The zero-order valence-corrected chi connectivity index (χ0v) is 11.4. The second kappa shape index (κ2) is 4.91. The van der Waals surface area contributed by atoms with Gasteiger partial charge in [0.1, 0.15) is 0 Å². The maximum Gasteiger partial charge on any atom is 0.418 e. The van der Waals surface area contributed by atoms with Gasteiger partial charge in [0.25, 0.3) is 0 Å². The van der Waals surface area contributed by atoms with E-state index in [1.807, 2.05) is 34.9 Å². The van der Waals surface area contributed by atoms with Gasteiger partial charge in [-0.1, -0.05) is 24.3 Å². The van der Waals surface area contributed by atoms with Gasteiger partial charge in [-0.05, 0) is 12.1 Å². The van der Waals surface area contributed by atoms with Crippen molar-refractivity contribution in [1.29, 1.82) is 0 Å². The molecule has 0 saturated carbocycles. The highest BCUT2D eigenvalue weighted by atomic mass is 19.4. The molecule has 1 heterocycles. The summed E-state index contributed by atoms with van der Waals surface area (Å²) >= 11 is 0. The molecule has 0 radical (unpaired) electrons. The third-order valence-corrected chi connectivity index (χ3v) is 3.50. The fraction of sp³-hybridized carbons (Fsp3) is 0.188. The lowest BCUT2D eigenvalue weighted by Gasteiger charge is -2.26. The molecule has 5 heteroatoms. The van der Waals surface area contributed by atoms with Crippen LogP contribution >= 0.6 is 0 Å². The second-order valence-electron chi connectivity index (χ2n) is 5.01. The van der Waals surface area contributed by atoms with E-state index >= 15 is 0 Å². The third-order valence-electron chi connectivity index (χ3n) is 3.50. The lowest BCUT2D eigenvalue weighted by Crippen LogP contribution is -2.34. The average Bonchev–Trinajstić information content (AvgIpc) is 2.46. The van der Waals surface area contributed by atoms with Crippen molar-refractivity contribution >= 4 is 17.6 Å². The maximum absolute atomic E-state index is 13.1. The Morgan fingerprint density at radius 2 is 1.71 bits per heavy atom. The molecule has 2 aromatic rings. The van der Waals surface area contributed by atoms with Crippen molar-refractivity contribution < 1.29 is 17.7 Å². The first-order valence-corrected chi connectivity index (χ1v) is 6.55. The summed E-state index contributed by atoms with van der Waals surface area (Å²) in [5, 5.41) is 0. The Labute approximate surface area is 120 Å². The Bertz CT molecular complexity index is 690. The number of para-hydroxylation sites is 2. The Morgan fingerprint density at radius 1 is 1.00 bits per heavy atom. The minimum atomic E-state index is -4.34. The van der Waals surface area contributed by atoms with Gasteiger partial charge in [0.2, 0.25) is 12.4 Å². The van der Waals surface area contributed by atoms with E-state index in [9.17, 15) is 13.2 Å². The molecule has 2 aromatic carbocycles. The summed E-state index contributed by atoms with van der Waals surface area (Å²) in [6.07, 6.45) is -2.58. The highest BCUT2D eigenvalue weighted by Gasteiger charge is 2.37. The van der Waals surface area contributed by atoms with Crippen LogP contribution in [0.2, 0.25) is 0 Å². The quantitative estimate of drug-likeness (QED) is 0.723. The van der Waals surface area contributed by atoms with E-state index in [4.69, 9.17) is 0 Å². The smallest absolute Gasteiger partial charge is 0.318 e. The third kappa shape index (κ3) is 2.51. The molecular formula is C16H14F3N2+. The van der Waals surface area contributed by atoms with Crippen LogP contribution in [0.15, 0.2) is 48.5 Å². The molecule has 0 spiro atoms. The number of hydrogen-bond donors (Lipinski definition) is 0. The van der Waals surface area contributed by atoms with Gasteiger partial charge in [0, 0.05) is 19.2 Å². The van der Waals surface area contributed by atoms with Crippen molar-refractivity contribution in [2.24, 2.45) is 0 Å². The molecule has 1 aliphatic heterocycles. The summed E-state index contributed by atoms with van der Waals surface area (Å²) < 4.78 is 41.3. The first-order chi connectivity index (χ1) is 9.97. The molecule has 0 unspecified atom stereocenters. The Balaban J connectivity index is 2.13. The molecule has 3 rings (SSSR count). The van der Waals surface area contributed by atoms with Gasteiger partial charge in [-0.15, -0.1) is 0 Å². The number of hydrogen-bond acceptors (Lipinski definition) is 1. The minimum absolute atomic E-state index is 0.234. The topological polar surface area (TPSA) is 6.25 Å². The van der Waals surface area contributed by atoms with Gasteiger partial charge in [0.05, 0.1) is 16.8 Å². The predicted molar refractivity (Wildman–Crippen MR) is 76.2 cm³/mol. The average molecular weight is 291 g/mol. The molecule has 2 nitrogen and oxygen atoms in total. The van der Waals surface area contributed by atoms with Crippen LogP contribution in [0.25, 0.3) is 0 Å². The molecule has 0 N–H and O–H groups in total. The fourth-order valence-corrected chi connectivity index (χ4v) is 2.60.